The summed E-state index contributed by atoms with van der Waals surface area (Å²) in [7, 11) is 0. The second-order valence-corrected chi connectivity index (χ2v) is 5.25. The minimum atomic E-state index is 0.581. The van der Waals surface area contributed by atoms with Crippen molar-refractivity contribution < 1.29 is 0 Å². The summed E-state index contributed by atoms with van der Waals surface area (Å²) in [5.41, 5.74) is 5.85. The lowest BCUT2D eigenvalue weighted by Gasteiger charge is -2.43. The molecular weight excluding hydrogens is 186 g/mol. The van der Waals surface area contributed by atoms with Gasteiger partial charge >= 0.3 is 0 Å². The number of nitrogens with two attached hydrogens (primary N) is 1. The van der Waals surface area contributed by atoms with Gasteiger partial charge in [-0.05, 0) is 31.6 Å². The van der Waals surface area contributed by atoms with E-state index in [4.69, 9.17) is 5.73 Å². The molecule has 3 nitrogen and oxygen atoms in total. The Bertz CT molecular complexity index is 187. The highest BCUT2D eigenvalue weighted by molar-refractivity contribution is 4.87. The number of piperazine rings is 1. The molecule has 2 aliphatic rings. The minimum absolute atomic E-state index is 0.581. The first-order valence-corrected chi connectivity index (χ1v) is 6.47. The van der Waals surface area contributed by atoms with Gasteiger partial charge in [-0.25, -0.2) is 0 Å². The van der Waals surface area contributed by atoms with Gasteiger partial charge in [0.1, 0.15) is 0 Å². The molecule has 0 aromatic rings. The second-order valence-electron chi connectivity index (χ2n) is 5.25. The van der Waals surface area contributed by atoms with Gasteiger partial charge in [0.15, 0.2) is 0 Å². The van der Waals surface area contributed by atoms with E-state index >= 15 is 0 Å². The maximum absolute atomic E-state index is 5.85. The number of rotatable bonds is 2. The Morgan fingerprint density at radius 1 is 1.27 bits per heavy atom. The van der Waals surface area contributed by atoms with Crippen molar-refractivity contribution in [2.45, 2.75) is 44.7 Å². The summed E-state index contributed by atoms with van der Waals surface area (Å²) in [4.78, 5) is 2.67. The maximum atomic E-state index is 5.85. The molecule has 88 valence electrons. The largest absolute Gasteiger partial charge is 0.329 e. The number of hydrogen-bond acceptors (Lipinski definition) is 3. The molecule has 0 amide bonds. The Labute approximate surface area is 93.4 Å². The zero-order valence-corrected chi connectivity index (χ0v) is 9.91. The lowest BCUT2D eigenvalue weighted by molar-refractivity contribution is 0.0772. The van der Waals surface area contributed by atoms with E-state index in [0.29, 0.717) is 6.04 Å². The lowest BCUT2D eigenvalue weighted by Crippen LogP contribution is -2.58. The average molecular weight is 211 g/mol. The monoisotopic (exact) mass is 211 g/mol. The molecule has 0 spiro atoms. The Hall–Kier alpha value is -0.120. The third-order valence-electron chi connectivity index (χ3n) is 4.12. The molecule has 3 N–H and O–H groups in total. The highest BCUT2D eigenvalue weighted by atomic mass is 15.2. The predicted octanol–water partition coefficient (Wildman–Crippen LogP) is 0.798. The van der Waals surface area contributed by atoms with Gasteiger partial charge in [-0.1, -0.05) is 6.92 Å². The molecule has 3 heteroatoms. The van der Waals surface area contributed by atoms with Gasteiger partial charge in [0.05, 0.1) is 0 Å². The Kier molecular flexibility index (Phi) is 4.00. The van der Waals surface area contributed by atoms with Crippen LogP contribution in [0, 0.1) is 5.92 Å². The molecule has 2 fully saturated rings. The van der Waals surface area contributed by atoms with E-state index in [2.05, 4.69) is 17.1 Å². The molecule has 0 bridgehead atoms. The minimum Gasteiger partial charge on any atom is -0.329 e. The van der Waals surface area contributed by atoms with E-state index in [1.807, 2.05) is 0 Å². The molecule has 1 aliphatic carbocycles. The smallest absolute Gasteiger partial charge is 0.0346 e. The fourth-order valence-electron chi connectivity index (χ4n) is 3.05. The van der Waals surface area contributed by atoms with Crippen LogP contribution in [0.15, 0.2) is 0 Å². The fourth-order valence-corrected chi connectivity index (χ4v) is 3.05. The summed E-state index contributed by atoms with van der Waals surface area (Å²) in [6.45, 7) is 6.61. The van der Waals surface area contributed by atoms with Crippen LogP contribution in [-0.2, 0) is 0 Å². The summed E-state index contributed by atoms with van der Waals surface area (Å²) in [5.74, 6) is 0.945. The van der Waals surface area contributed by atoms with E-state index in [1.54, 1.807) is 0 Å². The van der Waals surface area contributed by atoms with Crippen molar-refractivity contribution in [3.8, 4) is 0 Å². The summed E-state index contributed by atoms with van der Waals surface area (Å²) in [6, 6.07) is 1.40. The molecule has 1 unspecified atom stereocenters. The van der Waals surface area contributed by atoms with Gasteiger partial charge < -0.3 is 11.1 Å². The molecule has 0 aromatic heterocycles. The molecule has 2 rings (SSSR count). The highest BCUT2D eigenvalue weighted by Gasteiger charge is 2.29. The van der Waals surface area contributed by atoms with Crippen molar-refractivity contribution >= 4 is 0 Å². The van der Waals surface area contributed by atoms with Crippen molar-refractivity contribution in [3.63, 3.8) is 0 Å². The normalized spacial score (nSPS) is 39.2. The molecule has 0 aromatic carbocycles. The van der Waals surface area contributed by atoms with Crippen molar-refractivity contribution in [1.29, 1.82) is 0 Å². The Morgan fingerprint density at radius 3 is 2.67 bits per heavy atom. The maximum Gasteiger partial charge on any atom is 0.0346 e. The SMILES string of the molecule is CC1CCC(N2CCNCC2CN)CC1. The van der Waals surface area contributed by atoms with Gasteiger partial charge in [-0.3, -0.25) is 4.90 Å². The van der Waals surface area contributed by atoms with Gasteiger partial charge in [-0.15, -0.1) is 0 Å². The van der Waals surface area contributed by atoms with E-state index in [9.17, 15) is 0 Å². The molecule has 0 radical (unpaired) electrons. The first kappa shape index (κ1) is 11.4. The summed E-state index contributed by atoms with van der Waals surface area (Å²) < 4.78 is 0. The van der Waals surface area contributed by atoms with E-state index in [-0.39, 0.29) is 0 Å². The quantitative estimate of drug-likeness (QED) is 0.710. The third-order valence-corrected chi connectivity index (χ3v) is 4.12. The topological polar surface area (TPSA) is 41.3 Å². The average Bonchev–Trinajstić information content (AvgIpc) is 2.30. The van der Waals surface area contributed by atoms with Gasteiger partial charge in [0.25, 0.3) is 0 Å². The van der Waals surface area contributed by atoms with Crippen LogP contribution in [0.1, 0.15) is 32.6 Å². The van der Waals surface area contributed by atoms with E-state index < -0.39 is 0 Å². The molecule has 1 saturated carbocycles. The van der Waals surface area contributed by atoms with Crippen molar-refractivity contribution in [2.24, 2.45) is 11.7 Å². The first-order valence-electron chi connectivity index (χ1n) is 6.47. The predicted molar refractivity (Wildman–Crippen MR) is 63.8 cm³/mol. The molecule has 1 aliphatic heterocycles. The summed E-state index contributed by atoms with van der Waals surface area (Å²) in [5, 5.41) is 3.44. The molecule has 15 heavy (non-hydrogen) atoms. The van der Waals surface area contributed by atoms with Crippen LogP contribution in [0.5, 0.6) is 0 Å². The van der Waals surface area contributed by atoms with Crippen LogP contribution in [-0.4, -0.2) is 43.2 Å². The zero-order valence-electron chi connectivity index (χ0n) is 9.91. The fraction of sp³-hybridized carbons (Fsp3) is 1.00. The number of nitrogens with one attached hydrogen (secondary N) is 1. The summed E-state index contributed by atoms with van der Waals surface area (Å²) in [6.07, 6.45) is 5.59. The summed E-state index contributed by atoms with van der Waals surface area (Å²) >= 11 is 0. The van der Waals surface area contributed by atoms with Crippen LogP contribution >= 0.6 is 0 Å². The Balaban J connectivity index is 1.90. The van der Waals surface area contributed by atoms with Gasteiger partial charge in [0, 0.05) is 38.3 Å². The van der Waals surface area contributed by atoms with Crippen LogP contribution in [0.2, 0.25) is 0 Å². The highest BCUT2D eigenvalue weighted by Crippen LogP contribution is 2.28. The van der Waals surface area contributed by atoms with Crippen LogP contribution < -0.4 is 11.1 Å². The lowest BCUT2D eigenvalue weighted by atomic mass is 9.86. The van der Waals surface area contributed by atoms with Crippen LogP contribution in [0.4, 0.5) is 0 Å². The van der Waals surface area contributed by atoms with Crippen molar-refractivity contribution in [1.82, 2.24) is 10.2 Å². The zero-order chi connectivity index (χ0) is 10.7. The molecule has 1 heterocycles. The van der Waals surface area contributed by atoms with E-state index in [1.165, 1.54) is 32.2 Å². The second kappa shape index (κ2) is 5.28. The van der Waals surface area contributed by atoms with Gasteiger partial charge in [-0.2, -0.15) is 0 Å². The van der Waals surface area contributed by atoms with Gasteiger partial charge in [0.2, 0.25) is 0 Å². The van der Waals surface area contributed by atoms with Crippen LogP contribution in [0.3, 0.4) is 0 Å². The van der Waals surface area contributed by atoms with Crippen molar-refractivity contribution in [2.75, 3.05) is 26.2 Å². The molecular formula is C12H25N3. The molecule has 1 atom stereocenters. The standard InChI is InChI=1S/C12H25N3/c1-10-2-4-11(5-3-10)15-7-6-14-9-12(15)8-13/h10-12,14H,2-9,13H2,1H3. The molecule has 1 saturated heterocycles. The first-order chi connectivity index (χ1) is 7.31. The van der Waals surface area contributed by atoms with Crippen LogP contribution in [0.25, 0.3) is 0 Å². The van der Waals surface area contributed by atoms with Crippen molar-refractivity contribution in [3.05, 3.63) is 0 Å². The van der Waals surface area contributed by atoms with E-state index in [0.717, 1.165) is 31.6 Å². The Morgan fingerprint density at radius 2 is 2.00 bits per heavy atom. The number of hydrogen-bond donors (Lipinski definition) is 2. The third kappa shape index (κ3) is 2.71. The number of nitrogens with zero attached hydrogens (tertiary/aromatic N) is 1.